The minimum absolute atomic E-state index is 0.186. The van der Waals surface area contributed by atoms with Crippen molar-refractivity contribution in [2.24, 2.45) is 12.0 Å². The zero-order valence-corrected chi connectivity index (χ0v) is 12.8. The Bertz CT molecular complexity index is 952. The van der Waals surface area contributed by atoms with E-state index in [4.69, 9.17) is 0 Å². The molecule has 0 aliphatic rings. The molecule has 3 rings (SSSR count). The van der Waals surface area contributed by atoms with Crippen molar-refractivity contribution in [2.75, 3.05) is 0 Å². The fourth-order valence-electron chi connectivity index (χ4n) is 2.08. The van der Waals surface area contributed by atoms with E-state index in [1.165, 1.54) is 11.3 Å². The molecule has 0 saturated heterocycles. The Kier molecular flexibility index (Phi) is 3.97. The Morgan fingerprint density at radius 2 is 2.23 bits per heavy atom. The van der Waals surface area contributed by atoms with Gasteiger partial charge in [0.15, 0.2) is 4.80 Å². The molecular formula is C15H14N4O2S. The highest BCUT2D eigenvalue weighted by atomic mass is 32.1. The minimum atomic E-state index is -0.228. The molecule has 0 aliphatic heterocycles. The highest BCUT2D eigenvalue weighted by Crippen LogP contribution is 2.06. The lowest BCUT2D eigenvalue weighted by Gasteiger charge is -2.01. The zero-order chi connectivity index (χ0) is 15.5. The summed E-state index contributed by atoms with van der Waals surface area (Å²) in [5.74, 6) is 0.275. The van der Waals surface area contributed by atoms with E-state index in [2.05, 4.69) is 15.0 Å². The second-order valence-corrected chi connectivity index (χ2v) is 5.70. The first-order valence-corrected chi connectivity index (χ1v) is 7.67. The van der Waals surface area contributed by atoms with Crippen LogP contribution < -0.4 is 10.4 Å². The molecule has 0 radical (unpaired) electrons. The van der Waals surface area contributed by atoms with Crippen molar-refractivity contribution in [1.82, 2.24) is 14.5 Å². The van der Waals surface area contributed by atoms with Gasteiger partial charge in [-0.2, -0.15) is 4.99 Å². The summed E-state index contributed by atoms with van der Waals surface area (Å²) in [4.78, 5) is 35.6. The second kappa shape index (κ2) is 6.07. The number of nitrogens with one attached hydrogen (secondary N) is 1. The van der Waals surface area contributed by atoms with Crippen LogP contribution in [0.3, 0.4) is 0 Å². The summed E-state index contributed by atoms with van der Waals surface area (Å²) in [6, 6.07) is 7.13. The number of fused-ring (bicyclic) bond motifs is 1. The number of aromatic amines is 1. The number of amides is 1. The molecule has 0 aliphatic carbocycles. The van der Waals surface area contributed by atoms with Gasteiger partial charge in [0.2, 0.25) is 5.91 Å². The van der Waals surface area contributed by atoms with Gasteiger partial charge in [-0.3, -0.25) is 9.59 Å². The zero-order valence-electron chi connectivity index (χ0n) is 11.9. The summed E-state index contributed by atoms with van der Waals surface area (Å²) < 4.78 is 1.79. The van der Waals surface area contributed by atoms with E-state index >= 15 is 0 Å². The number of nitrogens with zero attached hydrogens (tertiary/aromatic N) is 3. The van der Waals surface area contributed by atoms with E-state index < -0.39 is 0 Å². The molecule has 7 heteroatoms. The van der Waals surface area contributed by atoms with Crippen LogP contribution in [0.25, 0.3) is 10.9 Å². The monoisotopic (exact) mass is 314 g/mol. The summed E-state index contributed by atoms with van der Waals surface area (Å²) >= 11 is 1.41. The minimum Gasteiger partial charge on any atom is -0.327 e. The number of hydrogen-bond donors (Lipinski definition) is 1. The van der Waals surface area contributed by atoms with Gasteiger partial charge in [0.05, 0.1) is 10.9 Å². The van der Waals surface area contributed by atoms with Crippen LogP contribution in [0.1, 0.15) is 12.2 Å². The van der Waals surface area contributed by atoms with Crippen LogP contribution >= 0.6 is 11.3 Å². The molecule has 0 spiro atoms. The molecule has 3 aromatic rings. The number of rotatable bonds is 3. The lowest BCUT2D eigenvalue weighted by molar-refractivity contribution is -0.118. The van der Waals surface area contributed by atoms with Crippen LogP contribution in [0.15, 0.2) is 45.6 Å². The quantitative estimate of drug-likeness (QED) is 0.793. The number of carbonyl (C=O) groups is 1. The molecule has 1 amide bonds. The van der Waals surface area contributed by atoms with Crippen molar-refractivity contribution >= 4 is 28.1 Å². The number of aryl methyl sites for hydroxylation is 2. The highest BCUT2D eigenvalue weighted by molar-refractivity contribution is 7.07. The molecule has 0 saturated carbocycles. The van der Waals surface area contributed by atoms with Gasteiger partial charge in [0.1, 0.15) is 5.82 Å². The van der Waals surface area contributed by atoms with Crippen molar-refractivity contribution in [3.8, 4) is 0 Å². The van der Waals surface area contributed by atoms with Crippen LogP contribution in [-0.2, 0) is 18.3 Å². The molecule has 22 heavy (non-hydrogen) atoms. The third kappa shape index (κ3) is 3.04. The van der Waals surface area contributed by atoms with Gasteiger partial charge in [0, 0.05) is 31.5 Å². The van der Waals surface area contributed by atoms with Crippen molar-refractivity contribution in [3.05, 3.63) is 56.8 Å². The molecule has 1 aromatic carbocycles. The largest absolute Gasteiger partial charge is 0.327 e. The second-order valence-electron chi connectivity index (χ2n) is 4.83. The topological polar surface area (TPSA) is 80.1 Å². The Balaban J connectivity index is 1.78. The van der Waals surface area contributed by atoms with Gasteiger partial charge in [-0.15, -0.1) is 11.3 Å². The fraction of sp³-hybridized carbons (Fsp3) is 0.200. The van der Waals surface area contributed by atoms with Crippen molar-refractivity contribution in [2.45, 2.75) is 12.8 Å². The van der Waals surface area contributed by atoms with E-state index in [-0.39, 0.29) is 17.9 Å². The van der Waals surface area contributed by atoms with Gasteiger partial charge in [-0.05, 0) is 12.1 Å². The van der Waals surface area contributed by atoms with Crippen LogP contribution in [0.4, 0.5) is 0 Å². The first-order chi connectivity index (χ1) is 10.6. The SMILES string of the molecule is Cn1ccsc1=NC(=O)CCc1nc2ccccc2c(=O)[nH]1. The van der Waals surface area contributed by atoms with E-state index in [9.17, 15) is 9.59 Å². The number of hydrogen-bond acceptors (Lipinski definition) is 4. The maximum absolute atomic E-state index is 11.9. The normalized spacial score (nSPS) is 12.0. The summed E-state index contributed by atoms with van der Waals surface area (Å²) in [6.07, 6.45) is 2.41. The highest BCUT2D eigenvalue weighted by Gasteiger charge is 2.06. The van der Waals surface area contributed by atoms with Gasteiger partial charge in [-0.25, -0.2) is 4.98 Å². The summed E-state index contributed by atoms with van der Waals surface area (Å²) in [7, 11) is 1.84. The van der Waals surface area contributed by atoms with Gasteiger partial charge < -0.3 is 9.55 Å². The molecule has 2 heterocycles. The van der Waals surface area contributed by atoms with Gasteiger partial charge in [-0.1, -0.05) is 12.1 Å². The third-order valence-corrected chi connectivity index (χ3v) is 4.07. The lowest BCUT2D eigenvalue weighted by atomic mass is 10.2. The van der Waals surface area contributed by atoms with Gasteiger partial charge >= 0.3 is 0 Å². The number of H-pyrrole nitrogens is 1. The first-order valence-electron chi connectivity index (χ1n) is 6.79. The van der Waals surface area contributed by atoms with Crippen LogP contribution in [-0.4, -0.2) is 20.4 Å². The maximum atomic E-state index is 11.9. The van der Waals surface area contributed by atoms with E-state index in [1.54, 1.807) is 22.8 Å². The molecule has 0 atom stereocenters. The molecule has 0 bridgehead atoms. The van der Waals surface area contributed by atoms with Gasteiger partial charge in [0.25, 0.3) is 5.56 Å². The Morgan fingerprint density at radius 3 is 3.00 bits per heavy atom. The standard InChI is InChI=1S/C15H14N4O2S/c1-19-8-9-22-15(19)18-13(20)7-6-12-16-11-5-3-2-4-10(11)14(21)17-12/h2-5,8-9H,6-7H2,1H3,(H,16,17,21). The summed E-state index contributed by atoms with van der Waals surface area (Å²) in [6.45, 7) is 0. The van der Waals surface area contributed by atoms with Crippen molar-refractivity contribution < 1.29 is 4.79 Å². The van der Waals surface area contributed by atoms with E-state index in [0.717, 1.165) is 0 Å². The van der Waals surface area contributed by atoms with Crippen molar-refractivity contribution in [1.29, 1.82) is 0 Å². The maximum Gasteiger partial charge on any atom is 0.258 e. The number of benzene rings is 1. The third-order valence-electron chi connectivity index (χ3n) is 3.22. The lowest BCUT2D eigenvalue weighted by Crippen LogP contribution is -2.15. The van der Waals surface area contributed by atoms with E-state index in [1.807, 2.05) is 24.7 Å². The average molecular weight is 314 g/mol. The number of para-hydroxylation sites is 1. The average Bonchev–Trinajstić information content (AvgIpc) is 2.90. The smallest absolute Gasteiger partial charge is 0.258 e. The molecular weight excluding hydrogens is 300 g/mol. The Morgan fingerprint density at radius 1 is 1.41 bits per heavy atom. The predicted octanol–water partition coefficient (Wildman–Crippen LogP) is 1.38. The molecule has 2 aromatic heterocycles. The van der Waals surface area contributed by atoms with E-state index in [0.29, 0.717) is 27.9 Å². The molecule has 112 valence electrons. The van der Waals surface area contributed by atoms with Crippen LogP contribution in [0.2, 0.25) is 0 Å². The number of aromatic nitrogens is 3. The number of thiazole rings is 1. The fourth-order valence-corrected chi connectivity index (χ4v) is 2.82. The molecule has 0 fully saturated rings. The Hall–Kier alpha value is -2.54. The molecule has 1 N–H and O–H groups in total. The predicted molar refractivity (Wildman–Crippen MR) is 84.5 cm³/mol. The summed E-state index contributed by atoms with van der Waals surface area (Å²) in [5, 5.41) is 2.42. The Labute approximate surface area is 129 Å². The molecule has 6 nitrogen and oxygen atoms in total. The van der Waals surface area contributed by atoms with Crippen LogP contribution in [0, 0.1) is 0 Å². The van der Waals surface area contributed by atoms with Crippen molar-refractivity contribution in [3.63, 3.8) is 0 Å². The van der Waals surface area contributed by atoms with Crippen LogP contribution in [0.5, 0.6) is 0 Å². The number of carbonyl (C=O) groups excluding carboxylic acids is 1. The first kappa shape index (κ1) is 14.4. The molecule has 0 unspecified atom stereocenters. The summed E-state index contributed by atoms with van der Waals surface area (Å²) in [5.41, 5.74) is 0.449.